The maximum Gasteiger partial charge on any atom is 0.524 e. The summed E-state index contributed by atoms with van der Waals surface area (Å²) in [7, 11) is -4.78. The van der Waals surface area contributed by atoms with Gasteiger partial charge in [-0.25, -0.2) is 4.57 Å². The number of benzene rings is 2. The van der Waals surface area contributed by atoms with E-state index in [-0.39, 0.29) is 15.8 Å². The van der Waals surface area contributed by atoms with Crippen molar-refractivity contribution >= 4 is 48.0 Å². The van der Waals surface area contributed by atoms with Gasteiger partial charge in [-0.2, -0.15) is 0 Å². The Bertz CT molecular complexity index is 1220. The van der Waals surface area contributed by atoms with E-state index in [9.17, 15) is 4.57 Å². The lowest BCUT2D eigenvalue weighted by atomic mass is 9.85. The van der Waals surface area contributed by atoms with E-state index in [1.807, 2.05) is 52.0 Å². The van der Waals surface area contributed by atoms with E-state index in [1.54, 1.807) is 0 Å². The molecule has 0 saturated carbocycles. The van der Waals surface area contributed by atoms with Crippen molar-refractivity contribution in [3.63, 3.8) is 0 Å². The van der Waals surface area contributed by atoms with Crippen LogP contribution >= 0.6 is 31.0 Å². The molecular weight excluding hydrogens is 470 g/mol. The molecule has 32 heavy (non-hydrogen) atoms. The molecule has 1 aliphatic rings. The number of hydrogen-bond donors (Lipinski definition) is 4. The van der Waals surface area contributed by atoms with Crippen LogP contribution in [0.25, 0.3) is 5.57 Å². The number of aryl methyl sites for hydroxylation is 2. The molecule has 2 aromatic carbocycles. The van der Waals surface area contributed by atoms with Gasteiger partial charge >= 0.3 is 7.82 Å². The molecule has 5 N–H and O–H groups in total. The minimum absolute atomic E-state index is 0.144. The Kier molecular flexibility index (Phi) is 6.75. The lowest BCUT2D eigenvalue weighted by Crippen LogP contribution is -2.07. The van der Waals surface area contributed by atoms with E-state index in [1.165, 1.54) is 12.1 Å². The molecule has 0 bridgehead atoms. The molecule has 0 amide bonds. The average Bonchev–Trinajstić information content (AvgIpc) is 2.65. The molecule has 0 atom stereocenters. The Morgan fingerprint density at radius 2 is 1.44 bits per heavy atom. The first kappa shape index (κ1) is 24.3. The third-order valence-corrected chi connectivity index (χ3v) is 6.24. The highest BCUT2D eigenvalue weighted by Gasteiger charge is 2.23. The van der Waals surface area contributed by atoms with Crippen molar-refractivity contribution in [2.45, 2.75) is 27.7 Å². The van der Waals surface area contributed by atoms with Crippen LogP contribution in [0.1, 0.15) is 36.1 Å². The van der Waals surface area contributed by atoms with Gasteiger partial charge in [0.2, 0.25) is 0 Å². The second kappa shape index (κ2) is 8.89. The van der Waals surface area contributed by atoms with Crippen LogP contribution in [0.3, 0.4) is 0 Å². The first-order chi connectivity index (χ1) is 14.8. The highest BCUT2D eigenvalue weighted by molar-refractivity contribution is 7.46. The normalized spacial score (nSPS) is 14.2. The number of phosphoric acid groups is 1. The molecule has 0 aromatic heterocycles. The third-order valence-electron chi connectivity index (χ3n) is 5.19. The molecule has 2 aromatic rings. The summed E-state index contributed by atoms with van der Waals surface area (Å²) >= 11 is 13.2. The molecule has 168 valence electrons. The number of rotatable bonds is 4. The maximum atomic E-state index is 11.2. The van der Waals surface area contributed by atoms with Crippen LogP contribution in [0.2, 0.25) is 10.0 Å². The van der Waals surface area contributed by atoms with Crippen molar-refractivity contribution in [3.8, 4) is 5.75 Å². The standard InChI is InChI=1S/C23H23Cl2N2O4P/c1-11-5-15(6-12(2)22(11)26)20(16-7-13(3)23(27)14(4)8-16)21-18(24)9-17(10-19(21)25)31-32(28,29)30/h5-10,26H,27H2,1-4H3,(H2,28,29,30). The second-order valence-corrected chi connectivity index (χ2v) is 9.71. The van der Waals surface area contributed by atoms with Gasteiger partial charge in [-0.05, 0) is 91.0 Å². The highest BCUT2D eigenvalue weighted by atomic mass is 35.5. The molecule has 0 heterocycles. The van der Waals surface area contributed by atoms with Gasteiger partial charge in [-0.3, -0.25) is 9.79 Å². The average molecular weight is 493 g/mol. The van der Waals surface area contributed by atoms with Crippen LogP contribution in [-0.4, -0.2) is 15.5 Å². The van der Waals surface area contributed by atoms with E-state index >= 15 is 0 Å². The largest absolute Gasteiger partial charge is 0.524 e. The summed E-state index contributed by atoms with van der Waals surface area (Å²) in [6.07, 6.45) is 3.77. The second-order valence-electron chi connectivity index (χ2n) is 7.73. The Morgan fingerprint density at radius 1 is 0.969 bits per heavy atom. The van der Waals surface area contributed by atoms with Gasteiger partial charge in [0.15, 0.2) is 0 Å². The van der Waals surface area contributed by atoms with Gasteiger partial charge in [0.25, 0.3) is 0 Å². The van der Waals surface area contributed by atoms with Gasteiger partial charge in [0.05, 0.1) is 15.8 Å². The number of hydrogen-bond acceptors (Lipinski definition) is 4. The molecule has 0 fully saturated rings. The lowest BCUT2D eigenvalue weighted by molar-refractivity contribution is 0.283. The zero-order valence-electron chi connectivity index (χ0n) is 18.0. The monoisotopic (exact) mass is 492 g/mol. The highest BCUT2D eigenvalue weighted by Crippen LogP contribution is 2.45. The fourth-order valence-electron chi connectivity index (χ4n) is 3.66. The smallest absolute Gasteiger partial charge is 0.404 e. The van der Waals surface area contributed by atoms with E-state index in [4.69, 9.17) is 44.1 Å². The van der Waals surface area contributed by atoms with Gasteiger partial charge in [0, 0.05) is 23.4 Å². The summed E-state index contributed by atoms with van der Waals surface area (Å²) in [5.74, 6) is -0.144. The first-order valence-corrected chi connectivity index (χ1v) is 11.9. The quantitative estimate of drug-likeness (QED) is 0.291. The number of nitrogen functional groups attached to an aromatic ring is 1. The van der Waals surface area contributed by atoms with Gasteiger partial charge in [-0.15, -0.1) is 0 Å². The summed E-state index contributed by atoms with van der Waals surface area (Å²) in [4.78, 5) is 18.3. The minimum Gasteiger partial charge on any atom is -0.404 e. The van der Waals surface area contributed by atoms with Gasteiger partial charge < -0.3 is 15.7 Å². The number of nitrogens with two attached hydrogens (primary N) is 1. The zero-order chi connectivity index (χ0) is 24.0. The van der Waals surface area contributed by atoms with E-state index in [0.29, 0.717) is 22.5 Å². The summed E-state index contributed by atoms with van der Waals surface area (Å²) in [5.41, 5.74) is 13.4. The van der Waals surface area contributed by atoms with Gasteiger partial charge in [0.1, 0.15) is 5.75 Å². The summed E-state index contributed by atoms with van der Waals surface area (Å²) in [6, 6.07) is 6.50. The van der Waals surface area contributed by atoms with Crippen molar-refractivity contribution < 1.29 is 18.9 Å². The van der Waals surface area contributed by atoms with E-state index in [0.717, 1.165) is 33.4 Å². The van der Waals surface area contributed by atoms with Crippen molar-refractivity contribution in [1.82, 2.24) is 0 Å². The summed E-state index contributed by atoms with van der Waals surface area (Å²) < 4.78 is 15.9. The number of allylic oxidation sites excluding steroid dienone is 5. The molecule has 0 saturated heterocycles. The topological polar surface area (TPSA) is 117 Å². The molecular formula is C23H23Cl2N2O4P. The van der Waals surface area contributed by atoms with Crippen molar-refractivity contribution in [3.05, 3.63) is 85.4 Å². The Balaban J connectivity index is 2.37. The van der Waals surface area contributed by atoms with Crippen LogP contribution in [0.15, 0.2) is 53.1 Å². The van der Waals surface area contributed by atoms with Crippen molar-refractivity contribution in [2.75, 3.05) is 5.73 Å². The minimum atomic E-state index is -4.78. The molecule has 0 spiro atoms. The molecule has 0 unspecified atom stereocenters. The first-order valence-electron chi connectivity index (χ1n) is 9.60. The molecule has 3 rings (SSSR count). The maximum absolute atomic E-state index is 11.2. The Hall–Kier alpha value is -2.34. The van der Waals surface area contributed by atoms with Crippen molar-refractivity contribution in [2.24, 2.45) is 0 Å². The van der Waals surface area contributed by atoms with Crippen LogP contribution in [0.5, 0.6) is 5.75 Å². The molecule has 0 radical (unpaired) electrons. The third kappa shape index (κ3) is 5.01. The number of anilines is 1. The number of phosphoric ester groups is 1. The predicted molar refractivity (Wildman–Crippen MR) is 131 cm³/mol. The Labute approximate surface area is 196 Å². The SMILES string of the molecule is CC1=CC(=C(c2cc(C)c(N)c(C)c2)c2c(Cl)cc(OP(=O)(O)O)cc2Cl)C=C(C)C1=N. The van der Waals surface area contributed by atoms with E-state index in [2.05, 4.69) is 4.52 Å². The van der Waals surface area contributed by atoms with Crippen LogP contribution < -0.4 is 10.3 Å². The number of nitrogens with one attached hydrogen (secondary N) is 1. The molecule has 1 aliphatic carbocycles. The number of halogens is 2. The van der Waals surface area contributed by atoms with Crippen LogP contribution in [0, 0.1) is 19.3 Å². The predicted octanol–water partition coefficient (Wildman–Crippen LogP) is 6.39. The molecule has 0 aliphatic heterocycles. The van der Waals surface area contributed by atoms with Crippen LogP contribution in [0.4, 0.5) is 5.69 Å². The lowest BCUT2D eigenvalue weighted by Gasteiger charge is -2.21. The van der Waals surface area contributed by atoms with Gasteiger partial charge in [-0.1, -0.05) is 23.2 Å². The van der Waals surface area contributed by atoms with Crippen molar-refractivity contribution in [1.29, 1.82) is 5.41 Å². The fourth-order valence-corrected chi connectivity index (χ4v) is 4.70. The Morgan fingerprint density at radius 3 is 1.88 bits per heavy atom. The molecule has 6 nitrogen and oxygen atoms in total. The fraction of sp³-hybridized carbons (Fsp3) is 0.174. The van der Waals surface area contributed by atoms with Crippen LogP contribution in [-0.2, 0) is 4.57 Å². The zero-order valence-corrected chi connectivity index (χ0v) is 20.4. The molecule has 9 heteroatoms. The van der Waals surface area contributed by atoms with E-state index < -0.39 is 7.82 Å². The summed E-state index contributed by atoms with van der Waals surface area (Å²) in [5, 5.41) is 8.54. The summed E-state index contributed by atoms with van der Waals surface area (Å²) in [6.45, 7) is 7.53.